The van der Waals surface area contributed by atoms with Gasteiger partial charge in [0.2, 0.25) is 17.6 Å². The van der Waals surface area contributed by atoms with Gasteiger partial charge in [-0.05, 0) is 38.0 Å². The molecule has 1 saturated heterocycles. The number of aliphatic hydroxyl groups is 3. The van der Waals surface area contributed by atoms with E-state index < -0.39 is 126 Å². The first-order valence-electron chi connectivity index (χ1n) is 21.2. The van der Waals surface area contributed by atoms with Crippen molar-refractivity contribution >= 4 is 46.7 Å². The maximum atomic E-state index is 14.0. The Morgan fingerprint density at radius 3 is 2.25 bits per heavy atom. The van der Waals surface area contributed by atoms with Gasteiger partial charge in [0.1, 0.15) is 22.8 Å². The van der Waals surface area contributed by atoms with E-state index in [4.69, 9.17) is 24.8 Å². The zero-order valence-electron chi connectivity index (χ0n) is 35.8. The standard InChI is InChI=1S/C45H53N5O15/c1-23-40(56)27(46)19-35(63-23)64-29-21-45(61,20-26-37(29)44(60)39-38(42(26)58)41(57)25-13-10-14-28(62-2)36(25)43(39)59)30(22-51)48-49-32(53)17-18-34(55)65-50-33(54)16-9-4-3-8-15-31(52)47-24-11-6-5-7-12-24/h5-7,10-14,23,27,29,35,40,51,56,58,60-61H,3-4,8-9,15-22,46H2,1-2H3,(H,47,52)(H,49,53)(H,50,54)/t23?,27?,29-,35?,40?,45-/m0/s1. The number of ether oxygens (including phenoxy) is 3. The number of carbonyl (C=O) groups excluding carboxylic acids is 6. The van der Waals surface area contributed by atoms with E-state index in [-0.39, 0.29) is 46.8 Å². The summed E-state index contributed by atoms with van der Waals surface area (Å²) in [6.45, 7) is 0.588. The molecule has 10 N–H and O–H groups in total. The molecular formula is C45H53N5O15. The molecule has 0 bridgehead atoms. The number of ketones is 2. The normalized spacial score (nSPS) is 22.5. The molecule has 20 nitrogen and oxygen atoms in total. The highest BCUT2D eigenvalue weighted by Crippen LogP contribution is 2.52. The maximum absolute atomic E-state index is 14.0. The maximum Gasteiger partial charge on any atom is 0.332 e. The van der Waals surface area contributed by atoms with Crippen LogP contribution >= 0.6 is 0 Å². The van der Waals surface area contributed by atoms with Crippen LogP contribution in [0.4, 0.5) is 5.69 Å². The first-order chi connectivity index (χ1) is 31.1. The quantitative estimate of drug-likeness (QED) is 0.0318. The number of unbranched alkanes of at least 4 members (excludes halogenated alkanes) is 3. The third-order valence-electron chi connectivity index (χ3n) is 11.6. The average Bonchev–Trinajstić information content (AvgIpc) is 3.28. The summed E-state index contributed by atoms with van der Waals surface area (Å²) < 4.78 is 17.4. The number of phenolic OH excluding ortho intramolecular Hbond substituents is 2. The number of nitrogens with two attached hydrogens (primary N) is 1. The summed E-state index contributed by atoms with van der Waals surface area (Å²) in [7, 11) is 1.30. The Bertz CT molecular complexity index is 2330. The Morgan fingerprint density at radius 1 is 0.877 bits per heavy atom. The Labute approximate surface area is 373 Å². The number of aliphatic hydroxyl groups excluding tert-OH is 2. The van der Waals surface area contributed by atoms with Gasteiger partial charge in [0.05, 0.1) is 60.9 Å². The lowest BCUT2D eigenvalue weighted by molar-refractivity contribution is -0.245. The highest BCUT2D eigenvalue weighted by atomic mass is 16.7. The van der Waals surface area contributed by atoms with E-state index in [1.54, 1.807) is 19.1 Å². The average molecular weight is 904 g/mol. The van der Waals surface area contributed by atoms with Crippen molar-refractivity contribution < 1.29 is 73.3 Å². The van der Waals surface area contributed by atoms with Crippen molar-refractivity contribution in [2.75, 3.05) is 19.0 Å². The van der Waals surface area contributed by atoms with Gasteiger partial charge in [0.25, 0.3) is 5.91 Å². The van der Waals surface area contributed by atoms with E-state index in [0.29, 0.717) is 37.8 Å². The fourth-order valence-electron chi connectivity index (χ4n) is 8.18. The minimum Gasteiger partial charge on any atom is -0.507 e. The molecular weight excluding hydrogens is 851 g/mol. The molecule has 348 valence electrons. The second-order valence-electron chi connectivity index (χ2n) is 16.2. The van der Waals surface area contributed by atoms with Crippen LogP contribution in [0.1, 0.15) is 120 Å². The summed E-state index contributed by atoms with van der Waals surface area (Å²) in [5.74, 6) is -5.54. The fraction of sp³-hybridized carbons (Fsp3) is 0.444. The summed E-state index contributed by atoms with van der Waals surface area (Å²) >= 11 is 0. The first-order valence-corrected chi connectivity index (χ1v) is 21.2. The van der Waals surface area contributed by atoms with Gasteiger partial charge in [-0.3, -0.25) is 24.0 Å². The predicted octanol–water partition coefficient (Wildman–Crippen LogP) is 2.24. The second-order valence-corrected chi connectivity index (χ2v) is 16.2. The lowest BCUT2D eigenvalue weighted by Gasteiger charge is -2.43. The van der Waals surface area contributed by atoms with Crippen molar-refractivity contribution in [3.8, 4) is 17.2 Å². The summed E-state index contributed by atoms with van der Waals surface area (Å²) in [5.41, 5.74) is 6.62. The van der Waals surface area contributed by atoms with Crippen LogP contribution in [-0.2, 0) is 39.9 Å². The highest BCUT2D eigenvalue weighted by Gasteiger charge is 2.49. The molecule has 6 rings (SSSR count). The van der Waals surface area contributed by atoms with Crippen LogP contribution in [0.25, 0.3) is 0 Å². The van der Waals surface area contributed by atoms with Gasteiger partial charge in [0, 0.05) is 66.9 Å². The van der Waals surface area contributed by atoms with Crippen molar-refractivity contribution in [3.05, 3.63) is 81.9 Å². The van der Waals surface area contributed by atoms with Crippen LogP contribution in [0.3, 0.4) is 0 Å². The number of carbonyl (C=O) groups is 6. The molecule has 3 aliphatic rings. The van der Waals surface area contributed by atoms with Gasteiger partial charge >= 0.3 is 5.97 Å². The van der Waals surface area contributed by atoms with E-state index in [9.17, 15) is 54.3 Å². The molecule has 20 heteroatoms. The molecule has 1 aliphatic heterocycles. The summed E-state index contributed by atoms with van der Waals surface area (Å²) in [6.07, 6.45) is -3.77. The third kappa shape index (κ3) is 11.0. The number of phenols is 2. The lowest BCUT2D eigenvalue weighted by Crippen LogP contribution is -2.53. The van der Waals surface area contributed by atoms with E-state index in [1.807, 2.05) is 23.7 Å². The van der Waals surface area contributed by atoms with Crippen molar-refractivity contribution in [1.82, 2.24) is 10.9 Å². The van der Waals surface area contributed by atoms with Crippen LogP contribution in [0.5, 0.6) is 17.2 Å². The van der Waals surface area contributed by atoms with Gasteiger partial charge in [-0.2, -0.15) is 10.6 Å². The van der Waals surface area contributed by atoms with E-state index in [0.717, 1.165) is 0 Å². The predicted molar refractivity (Wildman–Crippen MR) is 229 cm³/mol. The van der Waals surface area contributed by atoms with E-state index in [1.165, 1.54) is 25.3 Å². The SMILES string of the molecule is COc1cccc2c1C(=O)c1c(O)c3c(c(O)c1C2=O)C[C@@](O)(C(CO)=NNC(=O)CCC(=O)ONC(=O)CCCCCCC(=O)Nc1ccccc1)C[C@@H]3OC1CC(N)C(O)C(C)O1. The number of hydrazone groups is 1. The smallest absolute Gasteiger partial charge is 0.332 e. The van der Waals surface area contributed by atoms with Gasteiger partial charge in [0.15, 0.2) is 12.1 Å². The fourth-order valence-corrected chi connectivity index (χ4v) is 8.18. The molecule has 2 aliphatic carbocycles. The number of benzene rings is 3. The molecule has 65 heavy (non-hydrogen) atoms. The Balaban J connectivity index is 1.08. The summed E-state index contributed by atoms with van der Waals surface area (Å²) in [6, 6.07) is 12.6. The molecule has 0 radical (unpaired) electrons. The van der Waals surface area contributed by atoms with Crippen LogP contribution in [0.15, 0.2) is 53.6 Å². The number of hydrogen-bond donors (Lipinski definition) is 9. The van der Waals surface area contributed by atoms with Gasteiger partial charge in [-0.1, -0.05) is 43.2 Å². The number of nitrogens with zero attached hydrogens (tertiary/aromatic N) is 1. The monoisotopic (exact) mass is 903 g/mol. The molecule has 1 fully saturated rings. The number of fused-ring (bicyclic) bond motifs is 3. The highest BCUT2D eigenvalue weighted by molar-refractivity contribution is 6.31. The zero-order valence-corrected chi connectivity index (χ0v) is 35.8. The van der Waals surface area contributed by atoms with Crippen molar-refractivity contribution in [2.45, 2.75) is 114 Å². The number of nitrogens with one attached hydrogen (secondary N) is 3. The van der Waals surface area contributed by atoms with Crippen molar-refractivity contribution in [3.63, 3.8) is 0 Å². The van der Waals surface area contributed by atoms with Crippen LogP contribution in [0.2, 0.25) is 0 Å². The number of amides is 3. The zero-order chi connectivity index (χ0) is 47.0. The number of hydrogen-bond acceptors (Lipinski definition) is 17. The molecule has 0 saturated carbocycles. The molecule has 3 aromatic carbocycles. The molecule has 3 aromatic rings. The molecule has 4 unspecified atom stereocenters. The molecule has 0 aromatic heterocycles. The summed E-state index contributed by atoms with van der Waals surface area (Å²) in [5, 5.41) is 63.5. The second kappa shape index (κ2) is 21.1. The Kier molecular flexibility index (Phi) is 15.7. The van der Waals surface area contributed by atoms with Crippen molar-refractivity contribution in [1.29, 1.82) is 0 Å². The third-order valence-corrected chi connectivity index (χ3v) is 11.6. The van der Waals surface area contributed by atoms with Gasteiger partial charge in [-0.15, -0.1) is 0 Å². The minimum absolute atomic E-state index is 0.0507. The van der Waals surface area contributed by atoms with Crippen LogP contribution in [0, 0.1) is 0 Å². The molecule has 6 atom stereocenters. The Morgan fingerprint density at radius 2 is 1.57 bits per heavy atom. The van der Waals surface area contributed by atoms with Gasteiger partial charge < -0.3 is 55.6 Å². The minimum atomic E-state index is -2.26. The van der Waals surface area contributed by atoms with Gasteiger partial charge in [-0.25, -0.2) is 10.2 Å². The number of para-hydroxylation sites is 1. The number of methoxy groups -OCH3 is 1. The number of anilines is 1. The Hall–Kier alpha value is -6.29. The van der Waals surface area contributed by atoms with Crippen LogP contribution in [-0.4, -0.2) is 110 Å². The molecule has 0 spiro atoms. The largest absolute Gasteiger partial charge is 0.507 e. The number of hydroxylamine groups is 1. The number of aromatic hydroxyl groups is 2. The molecule has 1 heterocycles. The summed E-state index contributed by atoms with van der Waals surface area (Å²) in [4.78, 5) is 82.1. The number of rotatable bonds is 17. The van der Waals surface area contributed by atoms with Crippen molar-refractivity contribution in [2.24, 2.45) is 10.8 Å². The lowest BCUT2D eigenvalue weighted by atomic mass is 9.71. The first kappa shape index (κ1) is 48.2. The topological polar surface area (TPSA) is 315 Å². The molecule has 3 amide bonds. The van der Waals surface area contributed by atoms with Crippen LogP contribution < -0.4 is 26.7 Å². The van der Waals surface area contributed by atoms with E-state index >= 15 is 0 Å². The van der Waals surface area contributed by atoms with E-state index in [2.05, 4.69) is 15.8 Å².